The van der Waals surface area contributed by atoms with E-state index in [0.29, 0.717) is 6.42 Å². The van der Waals surface area contributed by atoms with Crippen LogP contribution in [0.5, 0.6) is 0 Å². The molecule has 2 unspecified atom stereocenters. The largest absolute Gasteiger partial charge is 0.469 e. The van der Waals surface area contributed by atoms with Gasteiger partial charge >= 0.3 is 5.97 Å². The lowest BCUT2D eigenvalue weighted by atomic mass is 10.0. The average molecular weight is 286 g/mol. The van der Waals surface area contributed by atoms with E-state index in [2.05, 4.69) is 23.4 Å². The summed E-state index contributed by atoms with van der Waals surface area (Å²) >= 11 is 2.12. The van der Waals surface area contributed by atoms with Crippen LogP contribution in [0.4, 0.5) is 0 Å². The number of ether oxygens (including phenoxy) is 1. The third-order valence-corrected chi connectivity index (χ3v) is 5.39. The second-order valence-corrected chi connectivity index (χ2v) is 7.07. The standard InChI is InChI=1S/C16H30O2S/c1-3-4-5-6-7-8-9-11-14-15(19-14)12-10-13-16(17)18-2/h14-15H,3-13H2,1-2H3. The maximum Gasteiger partial charge on any atom is 0.305 e. The summed E-state index contributed by atoms with van der Waals surface area (Å²) in [5.74, 6) is -0.0609. The van der Waals surface area contributed by atoms with Crippen molar-refractivity contribution in [2.24, 2.45) is 0 Å². The van der Waals surface area contributed by atoms with Crippen LogP contribution >= 0.6 is 11.8 Å². The number of carbonyl (C=O) groups excluding carboxylic acids is 1. The van der Waals surface area contributed by atoms with Crippen molar-refractivity contribution < 1.29 is 9.53 Å². The number of rotatable bonds is 12. The van der Waals surface area contributed by atoms with E-state index in [1.807, 2.05) is 0 Å². The van der Waals surface area contributed by atoms with Crippen molar-refractivity contribution in [3.8, 4) is 0 Å². The fraction of sp³-hybridized carbons (Fsp3) is 0.938. The molecule has 19 heavy (non-hydrogen) atoms. The fourth-order valence-electron chi connectivity index (χ4n) is 2.54. The summed E-state index contributed by atoms with van der Waals surface area (Å²) in [6.45, 7) is 2.27. The van der Waals surface area contributed by atoms with Crippen LogP contribution in [0, 0.1) is 0 Å². The first-order chi connectivity index (χ1) is 9.27. The van der Waals surface area contributed by atoms with Crippen LogP contribution < -0.4 is 0 Å². The zero-order valence-electron chi connectivity index (χ0n) is 12.7. The quantitative estimate of drug-likeness (QED) is 0.288. The van der Waals surface area contributed by atoms with Crippen molar-refractivity contribution >= 4 is 17.7 Å². The Hall–Kier alpha value is -0.180. The van der Waals surface area contributed by atoms with E-state index < -0.39 is 0 Å². The van der Waals surface area contributed by atoms with Gasteiger partial charge < -0.3 is 4.74 Å². The summed E-state index contributed by atoms with van der Waals surface area (Å²) in [4.78, 5) is 11.0. The summed E-state index contributed by atoms with van der Waals surface area (Å²) in [6.07, 6.45) is 14.0. The van der Waals surface area contributed by atoms with Crippen molar-refractivity contribution in [2.45, 2.75) is 88.1 Å². The average Bonchev–Trinajstić information content (AvgIpc) is 3.16. The van der Waals surface area contributed by atoms with E-state index in [9.17, 15) is 4.79 Å². The molecule has 2 nitrogen and oxygen atoms in total. The Morgan fingerprint density at radius 2 is 1.53 bits per heavy atom. The molecule has 0 N–H and O–H groups in total. The first-order valence-electron chi connectivity index (χ1n) is 8.00. The zero-order valence-corrected chi connectivity index (χ0v) is 13.5. The van der Waals surface area contributed by atoms with Gasteiger partial charge in [-0.15, -0.1) is 0 Å². The lowest BCUT2D eigenvalue weighted by Crippen LogP contribution is -2.01. The van der Waals surface area contributed by atoms with Gasteiger partial charge in [-0.2, -0.15) is 11.8 Å². The molecule has 0 spiro atoms. The summed E-state index contributed by atoms with van der Waals surface area (Å²) in [6, 6.07) is 0. The van der Waals surface area contributed by atoms with Gasteiger partial charge in [0.1, 0.15) is 0 Å². The molecule has 0 aromatic rings. The first-order valence-corrected chi connectivity index (χ1v) is 8.94. The predicted molar refractivity (Wildman–Crippen MR) is 83.6 cm³/mol. The molecule has 1 fully saturated rings. The van der Waals surface area contributed by atoms with Gasteiger partial charge in [-0.25, -0.2) is 0 Å². The molecule has 0 bridgehead atoms. The highest BCUT2D eigenvalue weighted by atomic mass is 32.2. The van der Waals surface area contributed by atoms with Crippen LogP contribution in [0.25, 0.3) is 0 Å². The molecule has 2 atom stereocenters. The molecule has 0 aliphatic carbocycles. The molecule has 1 rings (SSSR count). The molecule has 0 saturated carbocycles. The van der Waals surface area contributed by atoms with Crippen LogP contribution in [0.2, 0.25) is 0 Å². The predicted octanol–water partition coefficient (Wildman–Crippen LogP) is 4.95. The van der Waals surface area contributed by atoms with Gasteiger partial charge in [0.15, 0.2) is 0 Å². The Bertz CT molecular complexity index is 243. The molecule has 1 aliphatic heterocycles. The SMILES string of the molecule is CCCCCCCCCC1SC1CCCC(=O)OC. The van der Waals surface area contributed by atoms with Gasteiger partial charge in [0, 0.05) is 16.9 Å². The molecule has 1 heterocycles. The van der Waals surface area contributed by atoms with E-state index in [-0.39, 0.29) is 5.97 Å². The van der Waals surface area contributed by atoms with Crippen LogP contribution in [-0.2, 0) is 9.53 Å². The minimum atomic E-state index is -0.0609. The van der Waals surface area contributed by atoms with Crippen molar-refractivity contribution in [3.63, 3.8) is 0 Å². The van der Waals surface area contributed by atoms with Crippen LogP contribution in [0.3, 0.4) is 0 Å². The van der Waals surface area contributed by atoms with E-state index >= 15 is 0 Å². The minimum absolute atomic E-state index is 0.0609. The number of methoxy groups -OCH3 is 1. The van der Waals surface area contributed by atoms with Crippen LogP contribution in [0.15, 0.2) is 0 Å². The molecule has 3 heteroatoms. The topological polar surface area (TPSA) is 26.3 Å². The molecular weight excluding hydrogens is 256 g/mol. The van der Waals surface area contributed by atoms with Gasteiger partial charge in [-0.3, -0.25) is 4.79 Å². The Balaban J connectivity index is 1.82. The number of carbonyl (C=O) groups is 1. The Labute approximate surface area is 123 Å². The molecule has 1 aliphatic rings. The van der Waals surface area contributed by atoms with Crippen molar-refractivity contribution in [1.82, 2.24) is 0 Å². The monoisotopic (exact) mass is 286 g/mol. The summed E-state index contributed by atoms with van der Waals surface area (Å²) in [7, 11) is 1.47. The van der Waals surface area contributed by atoms with Crippen molar-refractivity contribution in [1.29, 1.82) is 0 Å². The zero-order chi connectivity index (χ0) is 13.9. The summed E-state index contributed by atoms with van der Waals surface area (Å²) in [5, 5.41) is 1.73. The van der Waals surface area contributed by atoms with Gasteiger partial charge in [-0.1, -0.05) is 51.9 Å². The van der Waals surface area contributed by atoms with E-state index in [1.165, 1.54) is 64.9 Å². The number of hydrogen-bond donors (Lipinski definition) is 0. The molecule has 112 valence electrons. The lowest BCUT2D eigenvalue weighted by molar-refractivity contribution is -0.140. The van der Waals surface area contributed by atoms with Crippen molar-refractivity contribution in [2.75, 3.05) is 7.11 Å². The Morgan fingerprint density at radius 3 is 2.16 bits per heavy atom. The fourth-order valence-corrected chi connectivity index (χ4v) is 3.78. The third-order valence-electron chi connectivity index (χ3n) is 3.88. The smallest absolute Gasteiger partial charge is 0.305 e. The highest BCUT2D eigenvalue weighted by Crippen LogP contribution is 2.47. The maximum absolute atomic E-state index is 11.0. The van der Waals surface area contributed by atoms with Crippen LogP contribution in [0.1, 0.15) is 77.6 Å². The maximum atomic E-state index is 11.0. The van der Waals surface area contributed by atoms with Gasteiger partial charge in [0.2, 0.25) is 0 Å². The summed E-state index contributed by atoms with van der Waals surface area (Å²) in [5.41, 5.74) is 0. The number of esters is 1. The highest BCUT2D eigenvalue weighted by Gasteiger charge is 2.36. The van der Waals surface area contributed by atoms with E-state index in [0.717, 1.165) is 16.9 Å². The molecule has 0 amide bonds. The highest BCUT2D eigenvalue weighted by molar-refractivity contribution is 8.07. The van der Waals surface area contributed by atoms with Crippen molar-refractivity contribution in [3.05, 3.63) is 0 Å². The Morgan fingerprint density at radius 1 is 0.947 bits per heavy atom. The summed E-state index contributed by atoms with van der Waals surface area (Å²) < 4.78 is 4.65. The molecular formula is C16H30O2S. The second-order valence-electron chi connectivity index (χ2n) is 5.59. The molecule has 0 aromatic heterocycles. The third kappa shape index (κ3) is 8.56. The Kier molecular flexibility index (Phi) is 9.40. The van der Waals surface area contributed by atoms with Crippen LogP contribution in [-0.4, -0.2) is 23.6 Å². The normalized spacial score (nSPS) is 21.4. The molecule has 1 saturated heterocycles. The van der Waals surface area contributed by atoms with E-state index in [4.69, 9.17) is 0 Å². The second kappa shape index (κ2) is 10.6. The van der Waals surface area contributed by atoms with Gasteiger partial charge in [-0.05, 0) is 19.3 Å². The number of unbranched alkanes of at least 4 members (excludes halogenated alkanes) is 6. The minimum Gasteiger partial charge on any atom is -0.469 e. The van der Waals surface area contributed by atoms with Gasteiger partial charge in [0.05, 0.1) is 7.11 Å². The number of thioether (sulfide) groups is 1. The first kappa shape index (κ1) is 16.9. The number of hydrogen-bond acceptors (Lipinski definition) is 3. The van der Waals surface area contributed by atoms with Gasteiger partial charge in [0.25, 0.3) is 0 Å². The lowest BCUT2D eigenvalue weighted by Gasteiger charge is -2.01. The molecule has 0 aromatic carbocycles. The molecule has 0 radical (unpaired) electrons. The van der Waals surface area contributed by atoms with E-state index in [1.54, 1.807) is 0 Å².